The summed E-state index contributed by atoms with van der Waals surface area (Å²) in [6.07, 6.45) is 6.48. The van der Waals surface area contributed by atoms with Gasteiger partial charge in [0.2, 0.25) is 0 Å². The molecule has 3 heteroatoms. The van der Waals surface area contributed by atoms with E-state index in [0.717, 1.165) is 13.0 Å². The lowest BCUT2D eigenvalue weighted by atomic mass is 10.4. The van der Waals surface area contributed by atoms with Crippen molar-refractivity contribution in [1.82, 2.24) is 0 Å². The van der Waals surface area contributed by atoms with Gasteiger partial charge in [-0.15, -0.1) is 5.10 Å². The lowest BCUT2D eigenvalue weighted by Gasteiger charge is -1.84. The van der Waals surface area contributed by atoms with Crippen LogP contribution in [0.5, 0.6) is 0 Å². The van der Waals surface area contributed by atoms with Gasteiger partial charge >= 0.3 is 0 Å². The molecule has 3 nitrogen and oxygen atoms in total. The minimum absolute atomic E-state index is 0.758. The third-order valence-corrected chi connectivity index (χ3v) is 0.799. The summed E-state index contributed by atoms with van der Waals surface area (Å²) in [7, 11) is 0. The second-order valence-electron chi connectivity index (χ2n) is 1.44. The Kier molecular flexibility index (Phi) is 1.98. The summed E-state index contributed by atoms with van der Waals surface area (Å²) < 4.78 is 0. The summed E-state index contributed by atoms with van der Waals surface area (Å²) in [5.74, 6) is 0. The summed E-state index contributed by atoms with van der Waals surface area (Å²) in [6, 6.07) is 0. The molecule has 1 heterocycles. The Morgan fingerprint density at radius 1 is 1.38 bits per heavy atom. The van der Waals surface area contributed by atoms with E-state index in [4.69, 9.17) is 0 Å². The summed E-state index contributed by atoms with van der Waals surface area (Å²) in [5.41, 5.74) is 0. The maximum absolute atomic E-state index is 3.71. The van der Waals surface area contributed by atoms with Gasteiger partial charge in [0.25, 0.3) is 0 Å². The fourth-order valence-electron chi connectivity index (χ4n) is 0.439. The van der Waals surface area contributed by atoms with Crippen molar-refractivity contribution < 1.29 is 0 Å². The summed E-state index contributed by atoms with van der Waals surface area (Å²) in [6.45, 7) is 0.758. The lowest BCUT2D eigenvalue weighted by Crippen LogP contribution is -1.76. The molecule has 8 heavy (non-hydrogen) atoms. The molecule has 0 unspecified atom stereocenters. The number of nitrogens with zero attached hydrogens (tertiary/aromatic N) is 3. The van der Waals surface area contributed by atoms with Crippen molar-refractivity contribution in [2.24, 2.45) is 15.4 Å². The Bertz CT molecular complexity index is 119. The van der Waals surface area contributed by atoms with Crippen LogP contribution in [0.2, 0.25) is 0 Å². The van der Waals surface area contributed by atoms with Crippen molar-refractivity contribution in [2.45, 2.75) is 6.42 Å². The molecule has 0 aromatic heterocycles. The van der Waals surface area contributed by atoms with Gasteiger partial charge in [0, 0.05) is 0 Å². The van der Waals surface area contributed by atoms with E-state index >= 15 is 0 Å². The Labute approximate surface area is 47.8 Å². The lowest BCUT2D eigenvalue weighted by molar-refractivity contribution is 0.875. The van der Waals surface area contributed by atoms with Crippen molar-refractivity contribution in [1.29, 1.82) is 0 Å². The van der Waals surface area contributed by atoms with Gasteiger partial charge in [0.15, 0.2) is 0 Å². The molecule has 0 N–H and O–H groups in total. The van der Waals surface area contributed by atoms with Gasteiger partial charge in [0.05, 0.1) is 12.8 Å². The Morgan fingerprint density at radius 2 is 2.38 bits per heavy atom. The van der Waals surface area contributed by atoms with Gasteiger partial charge in [-0.1, -0.05) is 6.08 Å². The van der Waals surface area contributed by atoms with Crippen LogP contribution in [0.3, 0.4) is 0 Å². The van der Waals surface area contributed by atoms with Crippen LogP contribution in [0.25, 0.3) is 0 Å². The van der Waals surface area contributed by atoms with E-state index in [1.807, 2.05) is 12.2 Å². The standard InChI is InChI=1S/C5H7N3/c1-2-4-6-8-7-5-3-1/h1-2,4H,3,5H2/b2-1-,6-4-,8-7-. The molecule has 0 radical (unpaired) electrons. The zero-order valence-electron chi connectivity index (χ0n) is 4.49. The average Bonchev–Trinajstić information content (AvgIpc) is 1.62. The molecule has 0 aliphatic carbocycles. The Hall–Kier alpha value is -0.990. The van der Waals surface area contributed by atoms with Crippen LogP contribution in [-0.4, -0.2) is 12.8 Å². The molecule has 1 rings (SSSR count). The first kappa shape index (κ1) is 5.15. The molecule has 0 aromatic carbocycles. The Morgan fingerprint density at radius 3 is 3.38 bits per heavy atom. The number of hydrogen-bond donors (Lipinski definition) is 0. The fraction of sp³-hybridized carbons (Fsp3) is 0.400. The highest BCUT2D eigenvalue weighted by atomic mass is 15.4. The van der Waals surface area contributed by atoms with E-state index < -0.39 is 0 Å². The molecule has 0 amide bonds. The zero-order chi connectivity index (χ0) is 5.66. The summed E-state index contributed by atoms with van der Waals surface area (Å²) in [4.78, 5) is 0. The molecule has 0 bridgehead atoms. The number of rotatable bonds is 0. The first-order valence-corrected chi connectivity index (χ1v) is 2.55. The van der Waals surface area contributed by atoms with Crippen molar-refractivity contribution >= 4 is 6.21 Å². The molecule has 0 saturated heterocycles. The maximum Gasteiger partial charge on any atom is 0.0655 e. The molecule has 0 saturated carbocycles. The van der Waals surface area contributed by atoms with E-state index in [1.165, 1.54) is 0 Å². The predicted octanol–water partition coefficient (Wildman–Crippen LogP) is 1.38. The van der Waals surface area contributed by atoms with Crippen LogP contribution in [0.15, 0.2) is 27.6 Å². The smallest absolute Gasteiger partial charge is 0.0655 e. The monoisotopic (exact) mass is 109 g/mol. The van der Waals surface area contributed by atoms with Gasteiger partial charge in [-0.2, -0.15) is 5.11 Å². The van der Waals surface area contributed by atoms with E-state index in [9.17, 15) is 0 Å². The first-order valence-electron chi connectivity index (χ1n) is 2.55. The second kappa shape index (κ2) is 3.07. The van der Waals surface area contributed by atoms with E-state index in [0.29, 0.717) is 0 Å². The highest BCUT2D eigenvalue weighted by Gasteiger charge is 1.77. The van der Waals surface area contributed by atoms with Crippen molar-refractivity contribution in [3.8, 4) is 0 Å². The maximum atomic E-state index is 3.71. The molecule has 0 fully saturated rings. The highest BCUT2D eigenvalue weighted by Crippen LogP contribution is 1.88. The first-order chi connectivity index (χ1) is 4.00. The molecule has 0 spiro atoms. The Balaban J connectivity index is 2.51. The molecule has 0 aromatic rings. The third kappa shape index (κ3) is 1.64. The van der Waals surface area contributed by atoms with E-state index in [2.05, 4.69) is 15.4 Å². The summed E-state index contributed by atoms with van der Waals surface area (Å²) >= 11 is 0. The van der Waals surface area contributed by atoms with Crippen LogP contribution in [0, 0.1) is 0 Å². The van der Waals surface area contributed by atoms with E-state index in [-0.39, 0.29) is 0 Å². The van der Waals surface area contributed by atoms with Crippen LogP contribution in [0.1, 0.15) is 6.42 Å². The molecular weight excluding hydrogens is 102 g/mol. The predicted molar refractivity (Wildman–Crippen MR) is 32.0 cm³/mol. The summed E-state index contributed by atoms with van der Waals surface area (Å²) in [5, 5.41) is 10.8. The van der Waals surface area contributed by atoms with Gasteiger partial charge < -0.3 is 0 Å². The molecule has 0 atom stereocenters. The average molecular weight is 109 g/mol. The molecule has 1 aliphatic heterocycles. The topological polar surface area (TPSA) is 37.1 Å². The highest BCUT2D eigenvalue weighted by molar-refractivity contribution is 5.70. The quantitative estimate of drug-likeness (QED) is 0.450. The SMILES string of the molecule is C1=C/CC\N=N/N=C\1. The van der Waals surface area contributed by atoms with Gasteiger partial charge in [-0.05, 0) is 17.7 Å². The van der Waals surface area contributed by atoms with Crippen LogP contribution in [0.4, 0.5) is 0 Å². The third-order valence-electron chi connectivity index (χ3n) is 0.799. The van der Waals surface area contributed by atoms with Crippen LogP contribution >= 0.6 is 0 Å². The molecule has 1 aliphatic rings. The van der Waals surface area contributed by atoms with Gasteiger partial charge in [-0.25, -0.2) is 0 Å². The molecular formula is C5H7N3. The molecule has 42 valence electrons. The second-order valence-corrected chi connectivity index (χ2v) is 1.44. The van der Waals surface area contributed by atoms with Crippen molar-refractivity contribution in [3.05, 3.63) is 12.2 Å². The van der Waals surface area contributed by atoms with Gasteiger partial charge in [0.1, 0.15) is 0 Å². The minimum Gasteiger partial charge on any atom is -0.169 e. The van der Waals surface area contributed by atoms with Gasteiger partial charge in [-0.3, -0.25) is 0 Å². The number of allylic oxidation sites excluding steroid dienone is 1. The zero-order valence-corrected chi connectivity index (χ0v) is 4.49. The number of hydrogen-bond acceptors (Lipinski definition) is 3. The van der Waals surface area contributed by atoms with Crippen molar-refractivity contribution in [2.75, 3.05) is 6.54 Å². The largest absolute Gasteiger partial charge is 0.169 e. The van der Waals surface area contributed by atoms with Crippen LogP contribution < -0.4 is 0 Å². The normalized spacial score (nSPS) is 30.0. The van der Waals surface area contributed by atoms with E-state index in [1.54, 1.807) is 6.21 Å². The minimum atomic E-state index is 0.758. The fourth-order valence-corrected chi connectivity index (χ4v) is 0.439. The van der Waals surface area contributed by atoms with Crippen molar-refractivity contribution in [3.63, 3.8) is 0 Å². The van der Waals surface area contributed by atoms with Crippen LogP contribution in [-0.2, 0) is 0 Å².